The van der Waals surface area contributed by atoms with Crippen LogP contribution in [0.15, 0.2) is 40.9 Å². The molecule has 0 bridgehead atoms. The van der Waals surface area contributed by atoms with Gasteiger partial charge in [0.25, 0.3) is 0 Å². The van der Waals surface area contributed by atoms with Crippen molar-refractivity contribution in [1.29, 1.82) is 5.26 Å². The number of benzene rings is 2. The quantitative estimate of drug-likeness (QED) is 0.773. The third-order valence-electron chi connectivity index (χ3n) is 2.43. The molecule has 0 N–H and O–H groups in total. The summed E-state index contributed by atoms with van der Waals surface area (Å²) in [6.45, 7) is 1.93. The zero-order chi connectivity index (χ0) is 13.1. The van der Waals surface area contributed by atoms with Crippen molar-refractivity contribution in [2.45, 2.75) is 6.92 Å². The molecule has 90 valence electrons. The average molecular weight is 323 g/mol. The number of hydrogen-bond donors (Lipinski definition) is 0. The molecule has 0 aliphatic carbocycles. The van der Waals surface area contributed by atoms with Crippen molar-refractivity contribution in [2.75, 3.05) is 0 Å². The van der Waals surface area contributed by atoms with Crippen molar-refractivity contribution in [3.05, 3.63) is 57.0 Å². The highest BCUT2D eigenvalue weighted by atomic mass is 79.9. The van der Waals surface area contributed by atoms with Gasteiger partial charge in [0.1, 0.15) is 17.6 Å². The maximum Gasteiger partial charge on any atom is 0.146 e. The molecular formula is C14H9BrClNO. The lowest BCUT2D eigenvalue weighted by molar-refractivity contribution is 0.477. The number of ether oxygens (including phenoxy) is 1. The number of nitriles is 1. The molecule has 0 aromatic heterocycles. The van der Waals surface area contributed by atoms with Crippen LogP contribution in [0.1, 0.15) is 11.1 Å². The standard InChI is InChI=1S/C14H9BrClNO/c1-9-2-5-12(16)7-13(9)18-14-6-11(15)4-3-10(14)8-17/h2-7H,1H3. The molecule has 2 rings (SSSR count). The molecule has 0 aliphatic heterocycles. The van der Waals surface area contributed by atoms with Crippen molar-refractivity contribution >= 4 is 27.5 Å². The van der Waals surface area contributed by atoms with E-state index in [1.54, 1.807) is 30.3 Å². The molecule has 2 aromatic carbocycles. The molecule has 4 heteroatoms. The van der Waals surface area contributed by atoms with E-state index < -0.39 is 0 Å². The Morgan fingerprint density at radius 1 is 1.17 bits per heavy atom. The zero-order valence-corrected chi connectivity index (χ0v) is 11.9. The van der Waals surface area contributed by atoms with Crippen LogP contribution in [-0.4, -0.2) is 0 Å². The van der Waals surface area contributed by atoms with E-state index in [4.69, 9.17) is 21.6 Å². The molecule has 2 aromatic rings. The van der Waals surface area contributed by atoms with Crippen LogP contribution in [0.5, 0.6) is 11.5 Å². The molecule has 18 heavy (non-hydrogen) atoms. The number of rotatable bonds is 2. The van der Waals surface area contributed by atoms with Crippen LogP contribution in [0.25, 0.3) is 0 Å². The molecule has 0 radical (unpaired) electrons. The third kappa shape index (κ3) is 2.84. The van der Waals surface area contributed by atoms with E-state index in [2.05, 4.69) is 22.0 Å². The highest BCUT2D eigenvalue weighted by Gasteiger charge is 2.08. The van der Waals surface area contributed by atoms with Crippen LogP contribution in [0.4, 0.5) is 0 Å². The summed E-state index contributed by atoms with van der Waals surface area (Å²) >= 11 is 9.29. The van der Waals surface area contributed by atoms with Gasteiger partial charge in [-0.1, -0.05) is 33.6 Å². The Labute approximate surface area is 119 Å². The fourth-order valence-corrected chi connectivity index (χ4v) is 1.98. The Bertz CT molecular complexity index is 634. The summed E-state index contributed by atoms with van der Waals surface area (Å²) in [5.41, 5.74) is 1.45. The van der Waals surface area contributed by atoms with Crippen LogP contribution in [0.3, 0.4) is 0 Å². The highest BCUT2D eigenvalue weighted by Crippen LogP contribution is 2.31. The van der Waals surface area contributed by atoms with Gasteiger partial charge in [-0.05, 0) is 42.8 Å². The molecule has 0 spiro atoms. The number of halogens is 2. The van der Waals surface area contributed by atoms with Gasteiger partial charge < -0.3 is 4.74 Å². The van der Waals surface area contributed by atoms with Crippen LogP contribution in [0.2, 0.25) is 5.02 Å². The molecule has 0 aliphatic rings. The number of aryl methyl sites for hydroxylation is 1. The van der Waals surface area contributed by atoms with Gasteiger partial charge in [0.05, 0.1) is 5.56 Å². The molecule has 0 fully saturated rings. The largest absolute Gasteiger partial charge is 0.456 e. The fraction of sp³-hybridized carbons (Fsp3) is 0.0714. The molecule has 0 saturated carbocycles. The number of hydrogen-bond acceptors (Lipinski definition) is 2. The summed E-state index contributed by atoms with van der Waals surface area (Å²) in [6.07, 6.45) is 0. The second-order valence-corrected chi connectivity index (χ2v) is 5.12. The third-order valence-corrected chi connectivity index (χ3v) is 3.16. The summed E-state index contributed by atoms with van der Waals surface area (Å²) in [6, 6.07) is 12.8. The summed E-state index contributed by atoms with van der Waals surface area (Å²) in [7, 11) is 0. The maximum absolute atomic E-state index is 9.04. The lowest BCUT2D eigenvalue weighted by atomic mass is 10.2. The minimum atomic E-state index is 0.484. The first-order valence-electron chi connectivity index (χ1n) is 5.24. The monoisotopic (exact) mass is 321 g/mol. The Kier molecular flexibility index (Phi) is 3.90. The Hall–Kier alpha value is -1.50. The van der Waals surface area contributed by atoms with E-state index in [9.17, 15) is 0 Å². The summed E-state index contributed by atoms with van der Waals surface area (Å²) in [5, 5.41) is 9.64. The van der Waals surface area contributed by atoms with Gasteiger partial charge in [0.15, 0.2) is 0 Å². The summed E-state index contributed by atoms with van der Waals surface area (Å²) in [5.74, 6) is 1.16. The van der Waals surface area contributed by atoms with Crippen molar-refractivity contribution in [1.82, 2.24) is 0 Å². The predicted molar refractivity (Wildman–Crippen MR) is 75.1 cm³/mol. The molecule has 0 amide bonds. The molecule has 0 saturated heterocycles. The van der Waals surface area contributed by atoms with Crippen LogP contribution >= 0.6 is 27.5 Å². The van der Waals surface area contributed by atoms with E-state index >= 15 is 0 Å². The molecule has 0 atom stereocenters. The van der Waals surface area contributed by atoms with Crippen LogP contribution in [-0.2, 0) is 0 Å². The van der Waals surface area contributed by atoms with E-state index in [0.717, 1.165) is 10.0 Å². The van der Waals surface area contributed by atoms with Crippen molar-refractivity contribution in [3.63, 3.8) is 0 Å². The van der Waals surface area contributed by atoms with E-state index in [1.165, 1.54) is 0 Å². The lowest BCUT2D eigenvalue weighted by Gasteiger charge is -2.10. The first kappa shape index (κ1) is 12.9. The molecular weight excluding hydrogens is 314 g/mol. The van der Waals surface area contributed by atoms with Crippen molar-refractivity contribution < 1.29 is 4.74 Å². The second-order valence-electron chi connectivity index (χ2n) is 3.76. The van der Waals surface area contributed by atoms with E-state index in [-0.39, 0.29) is 0 Å². The van der Waals surface area contributed by atoms with E-state index in [0.29, 0.717) is 22.1 Å². The Morgan fingerprint density at radius 3 is 2.67 bits per heavy atom. The van der Waals surface area contributed by atoms with Crippen molar-refractivity contribution in [3.8, 4) is 17.6 Å². The predicted octanol–water partition coefficient (Wildman–Crippen LogP) is 5.07. The smallest absolute Gasteiger partial charge is 0.146 e. The topological polar surface area (TPSA) is 33.0 Å². The van der Waals surface area contributed by atoms with Gasteiger partial charge in [0.2, 0.25) is 0 Å². The summed E-state index contributed by atoms with van der Waals surface area (Å²) in [4.78, 5) is 0. The van der Waals surface area contributed by atoms with Gasteiger partial charge >= 0.3 is 0 Å². The van der Waals surface area contributed by atoms with Gasteiger partial charge in [-0.25, -0.2) is 0 Å². The van der Waals surface area contributed by atoms with Gasteiger partial charge in [-0.2, -0.15) is 5.26 Å². The normalized spacial score (nSPS) is 9.89. The Balaban J connectivity index is 2.43. The number of nitrogens with zero attached hydrogens (tertiary/aromatic N) is 1. The fourth-order valence-electron chi connectivity index (χ4n) is 1.48. The van der Waals surface area contributed by atoms with Crippen molar-refractivity contribution in [2.24, 2.45) is 0 Å². The molecule has 0 heterocycles. The van der Waals surface area contributed by atoms with Gasteiger partial charge in [0, 0.05) is 9.50 Å². The summed E-state index contributed by atoms with van der Waals surface area (Å²) < 4.78 is 6.61. The van der Waals surface area contributed by atoms with Crippen LogP contribution < -0.4 is 4.74 Å². The highest BCUT2D eigenvalue weighted by molar-refractivity contribution is 9.10. The van der Waals surface area contributed by atoms with Crippen LogP contribution in [0, 0.1) is 18.3 Å². The first-order valence-corrected chi connectivity index (χ1v) is 6.41. The minimum Gasteiger partial charge on any atom is -0.456 e. The van der Waals surface area contributed by atoms with Gasteiger partial charge in [-0.15, -0.1) is 0 Å². The SMILES string of the molecule is Cc1ccc(Cl)cc1Oc1cc(Br)ccc1C#N. The van der Waals surface area contributed by atoms with E-state index in [1.807, 2.05) is 13.0 Å². The Morgan fingerprint density at radius 2 is 1.94 bits per heavy atom. The first-order chi connectivity index (χ1) is 8.60. The molecule has 2 nitrogen and oxygen atoms in total. The molecule has 0 unspecified atom stereocenters. The zero-order valence-electron chi connectivity index (χ0n) is 9.58. The van der Waals surface area contributed by atoms with Gasteiger partial charge in [-0.3, -0.25) is 0 Å². The second kappa shape index (κ2) is 5.43. The minimum absolute atomic E-state index is 0.484. The maximum atomic E-state index is 9.04. The lowest BCUT2D eigenvalue weighted by Crippen LogP contribution is -1.90. The average Bonchev–Trinajstić information content (AvgIpc) is 2.34.